The number of nitrogens with zero attached hydrogens (tertiary/aromatic N) is 1. The molecule has 2 amide bonds. The van der Waals surface area contributed by atoms with E-state index in [1.807, 2.05) is 0 Å². The molecule has 0 saturated carbocycles. The first-order valence-electron chi connectivity index (χ1n) is 8.54. The zero-order chi connectivity index (χ0) is 18.1. The quantitative estimate of drug-likeness (QED) is 0.904. The number of likely N-dealkylation sites (tertiary alicyclic amines) is 1. The Labute approximate surface area is 145 Å². The summed E-state index contributed by atoms with van der Waals surface area (Å²) in [4.78, 5) is 25.6. The van der Waals surface area contributed by atoms with E-state index in [-0.39, 0.29) is 35.0 Å². The van der Waals surface area contributed by atoms with Crippen molar-refractivity contribution in [2.45, 2.75) is 32.3 Å². The highest BCUT2D eigenvalue weighted by Gasteiger charge is 2.40. The van der Waals surface area contributed by atoms with Gasteiger partial charge in [-0.15, -0.1) is 0 Å². The third kappa shape index (κ3) is 3.51. The van der Waals surface area contributed by atoms with Crippen LogP contribution >= 0.6 is 0 Å². The normalized spacial score (nSPS) is 24.5. The van der Waals surface area contributed by atoms with Gasteiger partial charge in [0.05, 0.1) is 17.6 Å². The number of amides is 2. The van der Waals surface area contributed by atoms with E-state index in [1.54, 1.807) is 4.90 Å². The molecule has 0 radical (unpaired) electrons. The largest absolute Gasteiger partial charge is 0.377 e. The number of carbonyl (C=O) groups is 2. The molecule has 1 aromatic rings. The minimum Gasteiger partial charge on any atom is -0.377 e. The van der Waals surface area contributed by atoms with Crippen LogP contribution in [0.25, 0.3) is 0 Å². The Kier molecular flexibility index (Phi) is 5.03. The van der Waals surface area contributed by atoms with Crippen LogP contribution in [0.1, 0.15) is 35.2 Å². The second-order valence-electron chi connectivity index (χ2n) is 6.84. The molecule has 2 saturated heterocycles. The highest BCUT2D eigenvalue weighted by molar-refractivity contribution is 5.94. The van der Waals surface area contributed by atoms with Crippen molar-refractivity contribution in [1.82, 2.24) is 4.90 Å². The smallest absolute Gasteiger partial charge is 0.256 e. The van der Waals surface area contributed by atoms with Gasteiger partial charge >= 0.3 is 0 Å². The molecule has 136 valence electrons. The Bertz CT molecular complexity index is 687. The zero-order valence-electron chi connectivity index (χ0n) is 14.1. The summed E-state index contributed by atoms with van der Waals surface area (Å²) in [7, 11) is 0. The van der Waals surface area contributed by atoms with Crippen molar-refractivity contribution in [3.63, 3.8) is 0 Å². The summed E-state index contributed by atoms with van der Waals surface area (Å²) < 4.78 is 33.0. The van der Waals surface area contributed by atoms with Crippen molar-refractivity contribution < 1.29 is 23.1 Å². The van der Waals surface area contributed by atoms with Crippen molar-refractivity contribution in [2.75, 3.05) is 19.7 Å². The number of primary amides is 1. The maximum Gasteiger partial charge on any atom is 0.256 e. The van der Waals surface area contributed by atoms with Gasteiger partial charge in [-0.2, -0.15) is 0 Å². The summed E-state index contributed by atoms with van der Waals surface area (Å²) in [6.07, 6.45) is 1.78. The van der Waals surface area contributed by atoms with E-state index in [2.05, 4.69) is 0 Å². The lowest BCUT2D eigenvalue weighted by Crippen LogP contribution is -2.44. The third-order valence-corrected chi connectivity index (χ3v) is 5.27. The first kappa shape index (κ1) is 17.8. The number of rotatable bonds is 3. The SMILES string of the molecule is Cc1cc(C(=O)N2CCC([C@H]3OCC[C@@H]3C(N)=O)CC2)c(F)cc1F. The lowest BCUT2D eigenvalue weighted by molar-refractivity contribution is -0.124. The molecular weight excluding hydrogens is 330 g/mol. The predicted octanol–water partition coefficient (Wildman–Crippen LogP) is 2.02. The topological polar surface area (TPSA) is 72.6 Å². The fourth-order valence-electron chi connectivity index (χ4n) is 3.80. The summed E-state index contributed by atoms with van der Waals surface area (Å²) in [5, 5.41) is 0. The van der Waals surface area contributed by atoms with E-state index in [1.165, 1.54) is 13.0 Å². The van der Waals surface area contributed by atoms with Crippen molar-refractivity contribution >= 4 is 11.8 Å². The number of benzene rings is 1. The molecule has 2 fully saturated rings. The fraction of sp³-hybridized carbons (Fsp3) is 0.556. The van der Waals surface area contributed by atoms with Crippen LogP contribution in [0.15, 0.2) is 12.1 Å². The van der Waals surface area contributed by atoms with Gasteiger partial charge in [0.1, 0.15) is 11.6 Å². The lowest BCUT2D eigenvalue weighted by atomic mass is 9.84. The molecule has 7 heteroatoms. The molecule has 2 aliphatic rings. The van der Waals surface area contributed by atoms with Crippen molar-refractivity contribution in [3.05, 3.63) is 34.9 Å². The summed E-state index contributed by atoms with van der Waals surface area (Å²) in [6.45, 7) is 2.92. The maximum atomic E-state index is 13.9. The number of ether oxygens (including phenoxy) is 1. The molecule has 0 aliphatic carbocycles. The van der Waals surface area contributed by atoms with Crippen LogP contribution in [-0.4, -0.2) is 42.5 Å². The van der Waals surface area contributed by atoms with Crippen molar-refractivity contribution in [1.29, 1.82) is 0 Å². The summed E-state index contributed by atoms with van der Waals surface area (Å²) in [5.74, 6) is -2.40. The third-order valence-electron chi connectivity index (χ3n) is 5.27. The zero-order valence-corrected chi connectivity index (χ0v) is 14.1. The number of hydrogen-bond acceptors (Lipinski definition) is 3. The second-order valence-corrected chi connectivity index (χ2v) is 6.84. The first-order chi connectivity index (χ1) is 11.9. The van der Waals surface area contributed by atoms with Crippen LogP contribution in [0.5, 0.6) is 0 Å². The van der Waals surface area contributed by atoms with E-state index in [0.29, 0.717) is 39.0 Å². The van der Waals surface area contributed by atoms with Crippen LogP contribution in [0.3, 0.4) is 0 Å². The minimum absolute atomic E-state index is 0.107. The number of aryl methyl sites for hydroxylation is 1. The van der Waals surface area contributed by atoms with Gasteiger partial charge in [0.2, 0.25) is 5.91 Å². The molecule has 1 aromatic carbocycles. The van der Waals surface area contributed by atoms with Gasteiger partial charge in [-0.1, -0.05) is 0 Å². The van der Waals surface area contributed by atoms with Crippen molar-refractivity contribution in [3.8, 4) is 0 Å². The molecule has 0 aromatic heterocycles. The Hall–Kier alpha value is -2.02. The minimum atomic E-state index is -0.844. The van der Waals surface area contributed by atoms with Gasteiger partial charge in [-0.3, -0.25) is 9.59 Å². The molecular formula is C18H22F2N2O3. The molecule has 0 bridgehead atoms. The van der Waals surface area contributed by atoms with Crippen LogP contribution in [0.4, 0.5) is 8.78 Å². The molecule has 25 heavy (non-hydrogen) atoms. The summed E-state index contributed by atoms with van der Waals surface area (Å²) in [6, 6.07) is 2.00. The molecule has 2 aliphatic heterocycles. The number of hydrogen-bond donors (Lipinski definition) is 1. The van der Waals surface area contributed by atoms with E-state index in [0.717, 1.165) is 6.07 Å². The maximum absolute atomic E-state index is 13.9. The molecule has 5 nitrogen and oxygen atoms in total. The van der Waals surface area contributed by atoms with Crippen LogP contribution in [-0.2, 0) is 9.53 Å². The van der Waals surface area contributed by atoms with Crippen LogP contribution < -0.4 is 5.73 Å². The molecule has 0 unspecified atom stereocenters. The summed E-state index contributed by atoms with van der Waals surface area (Å²) in [5.41, 5.74) is 5.57. The number of nitrogens with two attached hydrogens (primary N) is 1. The van der Waals surface area contributed by atoms with Gasteiger partial charge in [-0.25, -0.2) is 8.78 Å². The lowest BCUT2D eigenvalue weighted by Gasteiger charge is -2.35. The van der Waals surface area contributed by atoms with E-state index < -0.39 is 17.5 Å². The highest BCUT2D eigenvalue weighted by Crippen LogP contribution is 2.33. The van der Waals surface area contributed by atoms with Gasteiger partial charge in [0, 0.05) is 25.8 Å². The second kappa shape index (κ2) is 7.07. The van der Waals surface area contributed by atoms with Gasteiger partial charge in [0.15, 0.2) is 0 Å². The van der Waals surface area contributed by atoms with Crippen molar-refractivity contribution in [2.24, 2.45) is 17.6 Å². The monoisotopic (exact) mass is 352 g/mol. The predicted molar refractivity (Wildman–Crippen MR) is 86.8 cm³/mol. The fourth-order valence-corrected chi connectivity index (χ4v) is 3.80. The molecule has 2 heterocycles. The Morgan fingerprint density at radius 3 is 2.48 bits per heavy atom. The molecule has 2 atom stereocenters. The Balaban J connectivity index is 1.65. The summed E-state index contributed by atoms with van der Waals surface area (Å²) >= 11 is 0. The van der Waals surface area contributed by atoms with E-state index >= 15 is 0 Å². The van der Waals surface area contributed by atoms with Gasteiger partial charge < -0.3 is 15.4 Å². The standard InChI is InChI=1S/C18H22F2N2O3/c1-10-8-13(15(20)9-14(10)19)18(24)22-5-2-11(3-6-22)16-12(17(21)23)4-7-25-16/h8-9,11-12,16H,2-7H2,1H3,(H2,21,23)/t12-,16+/m0/s1. The first-order valence-corrected chi connectivity index (χ1v) is 8.54. The van der Waals surface area contributed by atoms with E-state index in [4.69, 9.17) is 10.5 Å². The average molecular weight is 352 g/mol. The van der Waals surface area contributed by atoms with Gasteiger partial charge in [0.25, 0.3) is 5.91 Å². The van der Waals surface area contributed by atoms with Crippen LogP contribution in [0.2, 0.25) is 0 Å². The number of halogens is 2. The van der Waals surface area contributed by atoms with E-state index in [9.17, 15) is 18.4 Å². The molecule has 2 N–H and O–H groups in total. The average Bonchev–Trinajstić information content (AvgIpc) is 3.08. The van der Waals surface area contributed by atoms with Crippen LogP contribution in [0, 0.1) is 30.4 Å². The number of piperidine rings is 1. The Morgan fingerprint density at radius 1 is 1.16 bits per heavy atom. The molecule has 0 spiro atoms. The Morgan fingerprint density at radius 2 is 1.84 bits per heavy atom. The number of carbonyl (C=O) groups excluding carboxylic acids is 2. The molecule has 3 rings (SSSR count). The van der Waals surface area contributed by atoms with Gasteiger partial charge in [-0.05, 0) is 43.7 Å². The highest BCUT2D eigenvalue weighted by atomic mass is 19.1.